The summed E-state index contributed by atoms with van der Waals surface area (Å²) in [5.41, 5.74) is 1.85. The number of likely N-dealkylation sites (N-methyl/N-ethyl adjacent to an activating group) is 1. The van der Waals surface area contributed by atoms with E-state index in [0.717, 1.165) is 24.8 Å². The molecule has 0 radical (unpaired) electrons. The number of nitrogens with one attached hydrogen (secondary N) is 2. The Morgan fingerprint density at radius 1 is 1.11 bits per heavy atom. The molecule has 3 rings (SSSR count). The van der Waals surface area contributed by atoms with Gasteiger partial charge in [0.1, 0.15) is 5.75 Å². The van der Waals surface area contributed by atoms with E-state index in [-0.39, 0.29) is 42.7 Å². The number of fused-ring (bicyclic) bond motifs is 1. The number of rotatable bonds is 8. The van der Waals surface area contributed by atoms with Crippen LogP contribution in [0.1, 0.15) is 69.8 Å². The molecule has 9 nitrogen and oxygen atoms in total. The van der Waals surface area contributed by atoms with Crippen molar-refractivity contribution in [1.82, 2.24) is 15.1 Å². The van der Waals surface area contributed by atoms with Crippen molar-refractivity contribution >= 4 is 40.8 Å². The van der Waals surface area contributed by atoms with Crippen LogP contribution >= 0.6 is 23.2 Å². The van der Waals surface area contributed by atoms with Crippen molar-refractivity contribution in [3.63, 3.8) is 0 Å². The lowest BCUT2D eigenvalue weighted by Gasteiger charge is -2.36. The summed E-state index contributed by atoms with van der Waals surface area (Å²) in [7, 11) is 2.03. The molecular formula is C33H48Cl2N4O5. The van der Waals surface area contributed by atoms with Gasteiger partial charge in [-0.2, -0.15) is 0 Å². The number of hydrogen-bond acceptors (Lipinski definition) is 6. The first-order chi connectivity index (χ1) is 20.9. The topological polar surface area (TPSA) is 103 Å². The Labute approximate surface area is 272 Å². The van der Waals surface area contributed by atoms with Crippen LogP contribution in [0, 0.1) is 5.92 Å². The van der Waals surface area contributed by atoms with Crippen LogP contribution in [0.25, 0.3) is 0 Å². The van der Waals surface area contributed by atoms with Crippen LogP contribution in [0.4, 0.5) is 10.5 Å². The van der Waals surface area contributed by atoms with Gasteiger partial charge >= 0.3 is 6.03 Å². The zero-order valence-corrected chi connectivity index (χ0v) is 28.3. The van der Waals surface area contributed by atoms with Gasteiger partial charge < -0.3 is 30.1 Å². The van der Waals surface area contributed by atoms with Gasteiger partial charge in [-0.3, -0.25) is 9.69 Å². The Bertz CT molecular complexity index is 1250. The molecule has 1 aliphatic heterocycles. The van der Waals surface area contributed by atoms with Gasteiger partial charge in [-0.25, -0.2) is 4.79 Å². The predicted molar refractivity (Wildman–Crippen MR) is 177 cm³/mol. The lowest BCUT2D eigenvalue weighted by atomic mass is 10.0. The molecule has 2 aromatic carbocycles. The quantitative estimate of drug-likeness (QED) is 0.303. The number of anilines is 1. The maximum Gasteiger partial charge on any atom is 0.319 e. The summed E-state index contributed by atoms with van der Waals surface area (Å²) in [5, 5.41) is 16.8. The number of carbonyl (C=O) groups excluding carboxylic acids is 2. The van der Waals surface area contributed by atoms with Gasteiger partial charge in [-0.1, -0.05) is 36.2 Å². The zero-order chi connectivity index (χ0) is 32.4. The molecule has 0 unspecified atom stereocenters. The van der Waals surface area contributed by atoms with Crippen LogP contribution in [-0.2, 0) is 11.3 Å². The Balaban J connectivity index is 1.90. The van der Waals surface area contributed by atoms with Gasteiger partial charge in [0.2, 0.25) is 0 Å². The number of urea groups is 1. The second-order valence-corrected chi connectivity index (χ2v) is 13.0. The number of hydrogen-bond donors (Lipinski definition) is 3. The average Bonchev–Trinajstić information content (AvgIpc) is 2.96. The number of ether oxygens (including phenoxy) is 2. The van der Waals surface area contributed by atoms with E-state index in [0.29, 0.717) is 53.3 Å². The molecule has 0 aliphatic carbocycles. The van der Waals surface area contributed by atoms with Gasteiger partial charge in [-0.05, 0) is 89.9 Å². The van der Waals surface area contributed by atoms with Crippen molar-refractivity contribution in [2.24, 2.45) is 5.92 Å². The minimum absolute atomic E-state index is 0.0429. The monoisotopic (exact) mass is 650 g/mol. The molecule has 3 N–H and O–H groups in total. The fourth-order valence-corrected chi connectivity index (χ4v) is 5.53. The first-order valence-corrected chi connectivity index (χ1v) is 16.2. The van der Waals surface area contributed by atoms with E-state index in [1.54, 1.807) is 29.2 Å². The maximum atomic E-state index is 14.2. The number of aliphatic hydroxyl groups excluding tert-OH is 1. The highest BCUT2D eigenvalue weighted by Crippen LogP contribution is 2.29. The molecule has 0 bridgehead atoms. The van der Waals surface area contributed by atoms with Crippen LogP contribution in [0.2, 0.25) is 10.0 Å². The number of amides is 3. The van der Waals surface area contributed by atoms with E-state index in [4.69, 9.17) is 32.7 Å². The molecule has 1 heterocycles. The molecule has 0 spiro atoms. The summed E-state index contributed by atoms with van der Waals surface area (Å²) in [6.07, 6.45) is 2.27. The highest BCUT2D eigenvalue weighted by molar-refractivity contribution is 6.42. The highest BCUT2D eigenvalue weighted by Gasteiger charge is 2.30. The molecule has 1 aliphatic rings. The molecule has 4 atom stereocenters. The van der Waals surface area contributed by atoms with E-state index in [9.17, 15) is 14.7 Å². The Morgan fingerprint density at radius 3 is 2.55 bits per heavy atom. The second kappa shape index (κ2) is 17.2. The summed E-state index contributed by atoms with van der Waals surface area (Å²) < 4.78 is 12.7. The highest BCUT2D eigenvalue weighted by atomic mass is 35.5. The summed E-state index contributed by atoms with van der Waals surface area (Å²) in [6, 6.07) is 9.89. The van der Waals surface area contributed by atoms with Gasteiger partial charge in [0.05, 0.1) is 40.5 Å². The Kier molecular flexibility index (Phi) is 14.1. The van der Waals surface area contributed by atoms with Gasteiger partial charge in [-0.15, -0.1) is 0 Å². The predicted octanol–water partition coefficient (Wildman–Crippen LogP) is 6.45. The van der Waals surface area contributed by atoms with Crippen molar-refractivity contribution in [1.29, 1.82) is 0 Å². The number of halogens is 2. The fraction of sp³-hybridized carbons (Fsp3) is 0.576. The molecule has 3 amide bonds. The van der Waals surface area contributed by atoms with E-state index >= 15 is 0 Å². The molecule has 2 aromatic rings. The number of carbonyl (C=O) groups is 2. The Hall–Kier alpha value is -2.56. The molecule has 0 aromatic heterocycles. The minimum atomic E-state index is -0.460. The summed E-state index contributed by atoms with van der Waals surface area (Å²) in [6.45, 7) is 11.7. The Morgan fingerprint density at radius 2 is 1.86 bits per heavy atom. The van der Waals surface area contributed by atoms with Gasteiger partial charge in [0, 0.05) is 43.9 Å². The van der Waals surface area contributed by atoms with Crippen LogP contribution in [0.5, 0.6) is 5.75 Å². The first-order valence-electron chi connectivity index (χ1n) is 15.4. The van der Waals surface area contributed by atoms with Crippen molar-refractivity contribution in [2.75, 3.05) is 38.7 Å². The molecule has 44 heavy (non-hydrogen) atoms. The maximum absolute atomic E-state index is 14.2. The van der Waals surface area contributed by atoms with Crippen molar-refractivity contribution in [3.05, 3.63) is 57.6 Å². The molecular weight excluding hydrogens is 603 g/mol. The third kappa shape index (κ3) is 10.8. The van der Waals surface area contributed by atoms with Gasteiger partial charge in [0.25, 0.3) is 5.91 Å². The van der Waals surface area contributed by atoms with Crippen molar-refractivity contribution < 1.29 is 24.2 Å². The van der Waals surface area contributed by atoms with E-state index in [1.165, 1.54) is 0 Å². The standard InChI is InChI=1S/C33H48Cl2N4O5/c1-21(2)36-33(42)37-26-11-13-30-27(16-26)32(41)39(23(4)20-40)17-22(3)31(43-14-8-7-9-24(5)44-30)19-38(6)18-25-10-12-28(34)29(35)15-25/h10-13,15-16,21-24,31,40H,7-9,14,17-20H2,1-6H3,(H2,36,37,42)/t22-,23+,24+,31+/m0/s1. The molecule has 11 heteroatoms. The third-order valence-electron chi connectivity index (χ3n) is 7.66. The molecule has 0 saturated heterocycles. The second-order valence-electron chi connectivity index (χ2n) is 12.2. The average molecular weight is 652 g/mol. The molecule has 0 saturated carbocycles. The smallest absolute Gasteiger partial charge is 0.319 e. The van der Waals surface area contributed by atoms with Crippen molar-refractivity contribution in [2.45, 2.75) is 84.7 Å². The first kappa shape index (κ1) is 35.9. The zero-order valence-electron chi connectivity index (χ0n) is 26.7. The molecule has 0 fully saturated rings. The lowest BCUT2D eigenvalue weighted by molar-refractivity contribution is -0.0177. The van der Waals surface area contributed by atoms with E-state index in [2.05, 4.69) is 22.5 Å². The number of benzene rings is 2. The van der Waals surface area contributed by atoms with E-state index in [1.807, 2.05) is 46.9 Å². The minimum Gasteiger partial charge on any atom is -0.490 e. The lowest BCUT2D eigenvalue weighted by Crippen LogP contribution is -2.47. The summed E-state index contributed by atoms with van der Waals surface area (Å²) >= 11 is 12.4. The molecule has 244 valence electrons. The largest absolute Gasteiger partial charge is 0.490 e. The third-order valence-corrected chi connectivity index (χ3v) is 8.40. The summed E-state index contributed by atoms with van der Waals surface area (Å²) in [5.74, 6) is 0.105. The van der Waals surface area contributed by atoms with Crippen LogP contribution in [-0.4, -0.2) is 84.5 Å². The van der Waals surface area contributed by atoms with Crippen LogP contribution < -0.4 is 15.4 Å². The van der Waals surface area contributed by atoms with Crippen LogP contribution in [0.15, 0.2) is 36.4 Å². The normalized spacial score (nSPS) is 20.9. The van der Waals surface area contributed by atoms with Crippen molar-refractivity contribution in [3.8, 4) is 5.75 Å². The fourth-order valence-electron chi connectivity index (χ4n) is 5.21. The van der Waals surface area contributed by atoms with Gasteiger partial charge in [0.15, 0.2) is 0 Å². The van der Waals surface area contributed by atoms with Crippen LogP contribution in [0.3, 0.4) is 0 Å². The number of nitrogens with zero attached hydrogens (tertiary/aromatic N) is 2. The SMILES string of the molecule is CC(C)NC(=O)Nc1ccc2c(c1)C(=O)N([C@H](C)CO)C[C@H](C)[C@@H](CN(C)Cc1ccc(Cl)c(Cl)c1)OCCCC[C@@H](C)O2. The summed E-state index contributed by atoms with van der Waals surface area (Å²) in [4.78, 5) is 30.5. The van der Waals surface area contributed by atoms with E-state index < -0.39 is 6.04 Å². The number of aliphatic hydroxyl groups is 1.